The van der Waals surface area contributed by atoms with E-state index < -0.39 is 0 Å². The van der Waals surface area contributed by atoms with Crippen LogP contribution in [-0.2, 0) is 16.0 Å². The Labute approximate surface area is 103 Å². The van der Waals surface area contributed by atoms with E-state index in [2.05, 4.69) is 15.9 Å². The predicted octanol–water partition coefficient (Wildman–Crippen LogP) is 3.21. The first-order chi connectivity index (χ1) is 7.15. The highest BCUT2D eigenvalue weighted by molar-refractivity contribution is 9.10. The first kappa shape index (κ1) is 12.5. The number of carbonyl (C=O) groups is 1. The zero-order valence-electron chi connectivity index (χ0n) is 8.37. The number of hydrogen-bond acceptors (Lipinski definition) is 2. The second-order valence-corrected chi connectivity index (χ2v) is 4.53. The van der Waals surface area contributed by atoms with Crippen molar-refractivity contribution in [3.8, 4) is 0 Å². The Bertz CT molecular complexity index is 341. The minimum atomic E-state index is -0.336. The van der Waals surface area contributed by atoms with Gasteiger partial charge in [-0.25, -0.2) is 0 Å². The smallest absolute Gasteiger partial charge is 0.320 e. The minimum absolute atomic E-state index is 0.252. The van der Waals surface area contributed by atoms with Gasteiger partial charge in [-0.2, -0.15) is 0 Å². The summed E-state index contributed by atoms with van der Waals surface area (Å²) < 4.78 is 4.89. The number of benzene rings is 1. The highest BCUT2D eigenvalue weighted by Crippen LogP contribution is 2.19. The molecule has 0 amide bonds. The van der Waals surface area contributed by atoms with Crippen molar-refractivity contribution in [1.82, 2.24) is 0 Å². The molecule has 0 spiro atoms. The Morgan fingerprint density at radius 2 is 2.20 bits per heavy atom. The number of hydrogen-bond donors (Lipinski definition) is 0. The first-order valence-electron chi connectivity index (χ1n) is 4.69. The van der Waals surface area contributed by atoms with E-state index in [1.807, 2.05) is 24.3 Å². The van der Waals surface area contributed by atoms with E-state index in [1.165, 1.54) is 0 Å². The van der Waals surface area contributed by atoms with Gasteiger partial charge in [0.25, 0.3) is 0 Å². The van der Waals surface area contributed by atoms with Crippen LogP contribution in [0.25, 0.3) is 0 Å². The summed E-state index contributed by atoms with van der Waals surface area (Å²) in [4.78, 5) is 11.0. The topological polar surface area (TPSA) is 26.3 Å². The van der Waals surface area contributed by atoms with Gasteiger partial charge in [0.15, 0.2) is 0 Å². The average molecular weight is 292 g/mol. The zero-order chi connectivity index (χ0) is 11.3. The highest BCUT2D eigenvalue weighted by Gasteiger charge is 2.17. The van der Waals surface area contributed by atoms with E-state index in [-0.39, 0.29) is 10.8 Å². The molecular weight excluding hydrogens is 279 g/mol. The fraction of sp³-hybridized carbons (Fsp3) is 0.364. The van der Waals surface area contributed by atoms with E-state index >= 15 is 0 Å². The molecule has 0 heterocycles. The summed E-state index contributed by atoms with van der Waals surface area (Å²) in [5.41, 5.74) is 0.939. The summed E-state index contributed by atoms with van der Waals surface area (Å²) in [6.45, 7) is 2.18. The molecule has 0 unspecified atom stereocenters. The molecule has 15 heavy (non-hydrogen) atoms. The van der Waals surface area contributed by atoms with Crippen molar-refractivity contribution in [2.45, 2.75) is 18.2 Å². The summed E-state index contributed by atoms with van der Waals surface area (Å²) in [6.07, 6.45) is 0.540. The number of carbonyl (C=O) groups excluding carboxylic acids is 1. The molecule has 0 fully saturated rings. The van der Waals surface area contributed by atoms with Crippen molar-refractivity contribution in [3.63, 3.8) is 0 Å². The Balaban J connectivity index is 2.62. The monoisotopic (exact) mass is 290 g/mol. The molecule has 0 aliphatic carbocycles. The molecule has 1 rings (SSSR count). The van der Waals surface area contributed by atoms with Crippen LogP contribution in [-0.4, -0.2) is 17.4 Å². The predicted molar refractivity (Wildman–Crippen MR) is 64.5 cm³/mol. The Kier molecular flexibility index (Phi) is 5.12. The second kappa shape index (κ2) is 6.13. The molecule has 0 aliphatic heterocycles. The van der Waals surface area contributed by atoms with Crippen LogP contribution in [0.15, 0.2) is 24.3 Å². The van der Waals surface area contributed by atoms with Gasteiger partial charge in [0, 0.05) is 5.02 Å². The van der Waals surface area contributed by atoms with Gasteiger partial charge in [-0.3, -0.25) is 4.79 Å². The molecule has 1 aromatic rings. The molecular formula is C11H12BrClO2. The van der Waals surface area contributed by atoms with E-state index in [0.717, 1.165) is 5.56 Å². The normalized spacial score (nSPS) is 12.2. The lowest BCUT2D eigenvalue weighted by Gasteiger charge is -2.09. The largest absolute Gasteiger partial charge is 0.465 e. The van der Waals surface area contributed by atoms with Crippen molar-refractivity contribution >= 4 is 33.5 Å². The maximum absolute atomic E-state index is 11.3. The second-order valence-electron chi connectivity index (χ2n) is 3.02. The fourth-order valence-corrected chi connectivity index (χ4v) is 1.87. The molecule has 0 N–H and O–H groups in total. The summed E-state index contributed by atoms with van der Waals surface area (Å²) in [7, 11) is 0. The third kappa shape index (κ3) is 3.84. The third-order valence-corrected chi connectivity index (χ3v) is 2.97. The van der Waals surface area contributed by atoms with E-state index in [9.17, 15) is 4.79 Å². The molecule has 0 radical (unpaired) electrons. The number of ether oxygens (including phenoxy) is 1. The van der Waals surface area contributed by atoms with Crippen LogP contribution >= 0.6 is 27.5 Å². The molecule has 0 saturated heterocycles. The quantitative estimate of drug-likeness (QED) is 0.629. The van der Waals surface area contributed by atoms with Gasteiger partial charge in [-0.15, -0.1) is 0 Å². The number of rotatable bonds is 4. The number of alkyl halides is 1. The Hall–Kier alpha value is -0.540. The van der Waals surface area contributed by atoms with Gasteiger partial charge >= 0.3 is 5.97 Å². The molecule has 1 aromatic carbocycles. The summed E-state index contributed by atoms with van der Waals surface area (Å²) >= 11 is 9.26. The van der Waals surface area contributed by atoms with Crippen molar-refractivity contribution in [2.75, 3.05) is 6.61 Å². The first-order valence-corrected chi connectivity index (χ1v) is 5.98. The van der Waals surface area contributed by atoms with Gasteiger partial charge in [-0.1, -0.05) is 45.7 Å². The molecule has 2 nitrogen and oxygen atoms in total. The van der Waals surface area contributed by atoms with Crippen LogP contribution in [0.5, 0.6) is 0 Å². The molecule has 0 saturated carbocycles. The average Bonchev–Trinajstić information content (AvgIpc) is 2.21. The standard InChI is InChI=1S/C11H12BrClO2/c1-2-15-11(14)9(12)7-8-5-3-4-6-10(8)13/h3-6,9H,2,7H2,1H3/t9-/m1/s1. The lowest BCUT2D eigenvalue weighted by atomic mass is 10.1. The van der Waals surface area contributed by atoms with Gasteiger partial charge in [0.05, 0.1) is 6.61 Å². The van der Waals surface area contributed by atoms with Gasteiger partial charge in [-0.05, 0) is 25.0 Å². The maximum Gasteiger partial charge on any atom is 0.320 e. The highest BCUT2D eigenvalue weighted by atomic mass is 79.9. The molecule has 0 bridgehead atoms. The number of halogens is 2. The van der Waals surface area contributed by atoms with Gasteiger partial charge in [0.2, 0.25) is 0 Å². The van der Waals surface area contributed by atoms with Crippen LogP contribution in [0.2, 0.25) is 5.02 Å². The molecule has 0 aliphatic rings. The minimum Gasteiger partial charge on any atom is -0.465 e. The summed E-state index contributed by atoms with van der Waals surface area (Å²) in [6, 6.07) is 7.46. The van der Waals surface area contributed by atoms with E-state index in [4.69, 9.17) is 16.3 Å². The van der Waals surface area contributed by atoms with Crippen LogP contribution in [0.3, 0.4) is 0 Å². The van der Waals surface area contributed by atoms with Crippen molar-refractivity contribution in [2.24, 2.45) is 0 Å². The van der Waals surface area contributed by atoms with Crippen molar-refractivity contribution < 1.29 is 9.53 Å². The lowest BCUT2D eigenvalue weighted by molar-refractivity contribution is -0.142. The molecule has 82 valence electrons. The van der Waals surface area contributed by atoms with Crippen molar-refractivity contribution in [1.29, 1.82) is 0 Å². The van der Waals surface area contributed by atoms with Crippen molar-refractivity contribution in [3.05, 3.63) is 34.9 Å². The van der Waals surface area contributed by atoms with Crippen LogP contribution in [0.1, 0.15) is 12.5 Å². The third-order valence-electron chi connectivity index (χ3n) is 1.90. The van der Waals surface area contributed by atoms with Gasteiger partial charge in [0.1, 0.15) is 4.83 Å². The number of esters is 1. The Morgan fingerprint density at radius 1 is 1.53 bits per heavy atom. The summed E-state index contributed by atoms with van der Waals surface area (Å²) in [5, 5.41) is 0.672. The SMILES string of the molecule is CCOC(=O)[C@H](Br)Cc1ccccc1Cl. The summed E-state index contributed by atoms with van der Waals surface area (Å²) in [5.74, 6) is -0.252. The lowest BCUT2D eigenvalue weighted by Crippen LogP contribution is -2.19. The van der Waals surface area contributed by atoms with Gasteiger partial charge < -0.3 is 4.74 Å². The van der Waals surface area contributed by atoms with E-state index in [1.54, 1.807) is 6.92 Å². The molecule has 0 aromatic heterocycles. The van der Waals surface area contributed by atoms with Crippen LogP contribution < -0.4 is 0 Å². The van der Waals surface area contributed by atoms with Crippen LogP contribution in [0.4, 0.5) is 0 Å². The zero-order valence-corrected chi connectivity index (χ0v) is 10.7. The maximum atomic E-state index is 11.3. The molecule has 1 atom stereocenters. The molecule has 4 heteroatoms. The van der Waals surface area contributed by atoms with E-state index in [0.29, 0.717) is 18.1 Å². The Morgan fingerprint density at radius 3 is 2.80 bits per heavy atom. The fourth-order valence-electron chi connectivity index (χ4n) is 1.17. The van der Waals surface area contributed by atoms with Crippen LogP contribution in [0, 0.1) is 0 Å².